The number of aryl methyl sites for hydroxylation is 2. The zero-order valence-corrected chi connectivity index (χ0v) is 26.5. The Kier molecular flexibility index (Phi) is 6.23. The van der Waals surface area contributed by atoms with Gasteiger partial charge in [0.1, 0.15) is 41.8 Å². The molecule has 39 heavy (non-hydrogen) atoms. The van der Waals surface area contributed by atoms with Crippen LogP contribution in [0.25, 0.3) is 54.8 Å². The molecule has 0 saturated heterocycles. The summed E-state index contributed by atoms with van der Waals surface area (Å²) in [4.78, 5) is 10.9. The second-order valence-electron chi connectivity index (χ2n) is 8.52. The molecule has 8 aromatic rings. The van der Waals surface area contributed by atoms with E-state index < -0.39 is 0 Å². The van der Waals surface area contributed by atoms with Crippen molar-refractivity contribution in [2.75, 3.05) is 0 Å². The lowest BCUT2D eigenvalue weighted by atomic mass is 10.2. The van der Waals surface area contributed by atoms with Crippen LogP contribution in [0.2, 0.25) is 0 Å². The van der Waals surface area contributed by atoms with E-state index in [0.29, 0.717) is 5.76 Å². The maximum Gasteiger partial charge on any atom is 0.213 e. The summed E-state index contributed by atoms with van der Waals surface area (Å²) in [6.45, 7) is 3.93. The van der Waals surface area contributed by atoms with Gasteiger partial charge in [-0.2, -0.15) is 19.2 Å². The Morgan fingerprint density at radius 2 is 1.31 bits per heavy atom. The minimum atomic E-state index is 0.716. The number of nitrogens with zero attached hydrogens (tertiary/aromatic N) is 6. The molecule has 0 spiro atoms. The standard InChI is InChI=1S/C13H7Br2N3OS.C13H8BrN3OS/c1-6-17-18-12(15)10(16-13(18)20-6)11-9(14)7-4-2-3-5-8(7)19-11;1-7-16-17-12(14)11(15-13(17)19-7)10-6-8-4-2-3-5-9(8)18-10/h2-5H,1H3;2-6H,1H3. The number of para-hydroxylation sites is 2. The fraction of sp³-hybridized carbons (Fsp3) is 0.0769. The molecule has 0 N–H and O–H groups in total. The van der Waals surface area contributed by atoms with Crippen LogP contribution in [0.15, 0.2) is 77.1 Å². The van der Waals surface area contributed by atoms with Crippen molar-refractivity contribution < 1.29 is 8.83 Å². The van der Waals surface area contributed by atoms with E-state index >= 15 is 0 Å². The van der Waals surface area contributed by atoms with E-state index in [1.54, 1.807) is 31.7 Å². The summed E-state index contributed by atoms with van der Waals surface area (Å²) in [5, 5.41) is 12.9. The minimum absolute atomic E-state index is 0.716. The number of halogens is 3. The largest absolute Gasteiger partial charge is 0.454 e. The molecule has 0 amide bonds. The van der Waals surface area contributed by atoms with Crippen molar-refractivity contribution in [3.05, 3.63) is 78.3 Å². The number of benzene rings is 2. The van der Waals surface area contributed by atoms with Gasteiger partial charge in [0.25, 0.3) is 0 Å². The van der Waals surface area contributed by atoms with Crippen LogP contribution in [0, 0.1) is 13.8 Å². The highest BCUT2D eigenvalue weighted by molar-refractivity contribution is 9.11. The van der Waals surface area contributed by atoms with Crippen LogP contribution in [0.5, 0.6) is 0 Å². The predicted molar refractivity (Wildman–Crippen MR) is 165 cm³/mol. The lowest BCUT2D eigenvalue weighted by Crippen LogP contribution is -1.84. The number of imidazole rings is 2. The van der Waals surface area contributed by atoms with E-state index in [1.165, 1.54) is 0 Å². The van der Waals surface area contributed by atoms with E-state index in [2.05, 4.69) is 68.0 Å². The molecule has 0 fully saturated rings. The molecule has 0 radical (unpaired) electrons. The van der Waals surface area contributed by atoms with Crippen molar-refractivity contribution in [1.29, 1.82) is 0 Å². The molecule has 2 aromatic carbocycles. The number of aromatic nitrogens is 6. The zero-order chi connectivity index (χ0) is 26.8. The lowest BCUT2D eigenvalue weighted by Gasteiger charge is -1.93. The molecule has 0 aliphatic carbocycles. The fourth-order valence-electron chi connectivity index (χ4n) is 4.21. The third-order valence-electron chi connectivity index (χ3n) is 5.91. The quantitative estimate of drug-likeness (QED) is 0.175. The topological polar surface area (TPSA) is 86.7 Å². The van der Waals surface area contributed by atoms with Gasteiger partial charge in [0.15, 0.2) is 11.5 Å². The maximum absolute atomic E-state index is 5.92. The zero-order valence-electron chi connectivity index (χ0n) is 20.1. The van der Waals surface area contributed by atoms with Crippen LogP contribution in [0.1, 0.15) is 10.0 Å². The van der Waals surface area contributed by atoms with E-state index in [4.69, 9.17) is 8.83 Å². The van der Waals surface area contributed by atoms with Crippen molar-refractivity contribution in [3.8, 4) is 22.9 Å². The van der Waals surface area contributed by atoms with Gasteiger partial charge in [-0.3, -0.25) is 0 Å². The van der Waals surface area contributed by atoms with Crippen molar-refractivity contribution in [3.63, 3.8) is 0 Å². The molecule has 13 heteroatoms. The fourth-order valence-corrected chi connectivity index (χ4v) is 7.57. The molecular formula is C26H15Br3N6O2S2. The minimum Gasteiger partial charge on any atom is -0.454 e. The smallest absolute Gasteiger partial charge is 0.213 e. The molecule has 0 saturated carbocycles. The highest BCUT2D eigenvalue weighted by Crippen LogP contribution is 2.40. The van der Waals surface area contributed by atoms with Gasteiger partial charge in [0, 0.05) is 10.8 Å². The van der Waals surface area contributed by atoms with E-state index in [9.17, 15) is 0 Å². The molecule has 6 aromatic heterocycles. The summed E-state index contributed by atoms with van der Waals surface area (Å²) in [7, 11) is 0. The molecule has 0 aliphatic rings. The first kappa shape index (κ1) is 25.1. The molecule has 0 aliphatic heterocycles. The molecule has 8 nitrogen and oxygen atoms in total. The Hall–Kier alpha value is -2.84. The Labute approximate surface area is 253 Å². The summed E-state index contributed by atoms with van der Waals surface area (Å²) in [6, 6.07) is 17.8. The Morgan fingerprint density at radius 1 is 0.718 bits per heavy atom. The van der Waals surface area contributed by atoms with Gasteiger partial charge in [0.2, 0.25) is 9.92 Å². The average molecular weight is 747 g/mol. The lowest BCUT2D eigenvalue weighted by molar-refractivity contribution is 0.627. The van der Waals surface area contributed by atoms with Gasteiger partial charge in [0.05, 0.1) is 4.47 Å². The van der Waals surface area contributed by atoms with Crippen molar-refractivity contribution in [1.82, 2.24) is 29.2 Å². The number of fused-ring (bicyclic) bond motifs is 4. The van der Waals surface area contributed by atoms with Crippen molar-refractivity contribution >= 4 is 102 Å². The first-order chi connectivity index (χ1) is 18.9. The summed E-state index contributed by atoms with van der Waals surface area (Å²) in [5.74, 6) is 1.47. The Balaban J connectivity index is 0.000000130. The molecule has 8 rings (SSSR count). The normalized spacial score (nSPS) is 11.7. The van der Waals surface area contributed by atoms with Crippen LogP contribution in [0.3, 0.4) is 0 Å². The van der Waals surface area contributed by atoms with Gasteiger partial charge in [-0.05, 0) is 85.9 Å². The van der Waals surface area contributed by atoms with Crippen LogP contribution in [0.4, 0.5) is 0 Å². The van der Waals surface area contributed by atoms with Crippen LogP contribution in [-0.4, -0.2) is 29.2 Å². The summed E-state index contributed by atoms with van der Waals surface area (Å²) in [6.07, 6.45) is 0. The SMILES string of the molecule is Cc1nn2c(Br)c(-c3cc4ccccc4o3)nc2s1.Cc1nn2c(Br)c(-c3oc4ccccc4c3Br)nc2s1. The number of furan rings is 2. The average Bonchev–Trinajstić information content (AvgIpc) is 3.75. The van der Waals surface area contributed by atoms with Crippen molar-refractivity contribution in [2.24, 2.45) is 0 Å². The summed E-state index contributed by atoms with van der Waals surface area (Å²) < 4.78 is 17.9. The number of rotatable bonds is 2. The molecule has 0 bridgehead atoms. The van der Waals surface area contributed by atoms with Gasteiger partial charge in [-0.1, -0.05) is 53.0 Å². The molecule has 0 unspecified atom stereocenters. The summed E-state index contributed by atoms with van der Waals surface area (Å²) >= 11 is 13.8. The third kappa shape index (κ3) is 4.27. The van der Waals surface area contributed by atoms with E-state index in [1.807, 2.05) is 68.4 Å². The first-order valence-corrected chi connectivity index (χ1v) is 15.6. The highest BCUT2D eigenvalue weighted by Gasteiger charge is 2.22. The Morgan fingerprint density at radius 3 is 1.95 bits per heavy atom. The monoisotopic (exact) mass is 744 g/mol. The van der Waals surface area contributed by atoms with Gasteiger partial charge < -0.3 is 8.83 Å². The van der Waals surface area contributed by atoms with Gasteiger partial charge in [-0.25, -0.2) is 9.97 Å². The van der Waals surface area contributed by atoms with Crippen LogP contribution >= 0.6 is 70.5 Å². The van der Waals surface area contributed by atoms with E-state index in [-0.39, 0.29) is 0 Å². The highest BCUT2D eigenvalue weighted by atomic mass is 79.9. The molecule has 6 heterocycles. The second kappa shape index (κ2) is 9.66. The van der Waals surface area contributed by atoms with Crippen LogP contribution < -0.4 is 0 Å². The second-order valence-corrected chi connectivity index (χ2v) is 13.1. The molecule has 0 atom stereocenters. The predicted octanol–water partition coefficient (Wildman–Crippen LogP) is 9.31. The van der Waals surface area contributed by atoms with Gasteiger partial charge in [-0.15, -0.1) is 0 Å². The van der Waals surface area contributed by atoms with Crippen molar-refractivity contribution in [2.45, 2.75) is 13.8 Å². The molecular weight excluding hydrogens is 732 g/mol. The number of hydrogen-bond donors (Lipinski definition) is 0. The summed E-state index contributed by atoms with van der Waals surface area (Å²) in [5.41, 5.74) is 3.24. The number of hydrogen-bond acceptors (Lipinski definition) is 8. The first-order valence-electron chi connectivity index (χ1n) is 11.6. The van der Waals surface area contributed by atoms with Crippen LogP contribution in [-0.2, 0) is 0 Å². The Bertz CT molecular complexity index is 2130. The third-order valence-corrected chi connectivity index (χ3v) is 9.77. The van der Waals surface area contributed by atoms with Gasteiger partial charge >= 0.3 is 0 Å². The molecule has 194 valence electrons. The van der Waals surface area contributed by atoms with E-state index in [0.717, 1.165) is 72.7 Å². The maximum atomic E-state index is 5.92.